The summed E-state index contributed by atoms with van der Waals surface area (Å²) in [6.45, 7) is 0.272. The fourth-order valence-electron chi connectivity index (χ4n) is 2.62. The van der Waals surface area contributed by atoms with Gasteiger partial charge in [-0.15, -0.1) is 0 Å². The molecule has 0 saturated heterocycles. The standard InChI is InChI=1S/C20H20N2O2/c1-22(17-11-6-3-7-12-17)15-19(23)21-20(18-13-8-14-24-18)16-9-4-2-5-10-16/h2-14,20H,15H2,1H3,(H,21,23). The first-order valence-corrected chi connectivity index (χ1v) is 7.88. The maximum absolute atomic E-state index is 12.5. The van der Waals surface area contributed by atoms with E-state index in [4.69, 9.17) is 4.42 Å². The highest BCUT2D eigenvalue weighted by Crippen LogP contribution is 2.22. The topological polar surface area (TPSA) is 45.5 Å². The zero-order valence-corrected chi connectivity index (χ0v) is 13.6. The van der Waals surface area contributed by atoms with E-state index in [9.17, 15) is 4.79 Å². The van der Waals surface area contributed by atoms with Crippen molar-refractivity contribution in [3.05, 3.63) is 90.4 Å². The van der Waals surface area contributed by atoms with Gasteiger partial charge in [-0.1, -0.05) is 48.5 Å². The first-order chi connectivity index (χ1) is 11.7. The number of hydrogen-bond acceptors (Lipinski definition) is 3. The summed E-state index contributed by atoms with van der Waals surface area (Å²) in [5.41, 5.74) is 1.99. The summed E-state index contributed by atoms with van der Waals surface area (Å²) < 4.78 is 5.51. The second-order valence-corrected chi connectivity index (χ2v) is 5.62. The summed E-state index contributed by atoms with van der Waals surface area (Å²) in [6.07, 6.45) is 1.62. The molecule has 3 aromatic rings. The van der Waals surface area contributed by atoms with Crippen LogP contribution in [-0.4, -0.2) is 19.5 Å². The van der Waals surface area contributed by atoms with E-state index in [1.165, 1.54) is 0 Å². The molecule has 1 N–H and O–H groups in total. The predicted octanol–water partition coefficient (Wildman–Crippen LogP) is 3.62. The first-order valence-electron chi connectivity index (χ1n) is 7.88. The van der Waals surface area contributed by atoms with E-state index >= 15 is 0 Å². The van der Waals surface area contributed by atoms with Gasteiger partial charge < -0.3 is 14.6 Å². The van der Waals surface area contributed by atoms with E-state index < -0.39 is 0 Å². The van der Waals surface area contributed by atoms with Crippen molar-refractivity contribution < 1.29 is 9.21 Å². The van der Waals surface area contributed by atoms with Crippen LogP contribution in [0.15, 0.2) is 83.5 Å². The maximum atomic E-state index is 12.5. The van der Waals surface area contributed by atoms with Crippen molar-refractivity contribution in [1.82, 2.24) is 5.32 Å². The average molecular weight is 320 g/mol. The molecule has 4 heteroatoms. The molecule has 0 fully saturated rings. The maximum Gasteiger partial charge on any atom is 0.240 e. The Bertz CT molecular complexity index is 755. The molecule has 1 atom stereocenters. The molecule has 0 aliphatic carbocycles. The van der Waals surface area contributed by atoms with Crippen molar-refractivity contribution in [2.45, 2.75) is 6.04 Å². The summed E-state index contributed by atoms with van der Waals surface area (Å²) in [5, 5.41) is 3.06. The summed E-state index contributed by atoms with van der Waals surface area (Å²) in [6, 6.07) is 23.1. The van der Waals surface area contributed by atoms with Gasteiger partial charge in [0.1, 0.15) is 11.8 Å². The average Bonchev–Trinajstić information content (AvgIpc) is 3.15. The Labute approximate surface area is 141 Å². The van der Waals surface area contributed by atoms with Crippen LogP contribution in [0.2, 0.25) is 0 Å². The Balaban J connectivity index is 1.72. The Morgan fingerprint density at radius 3 is 2.29 bits per heavy atom. The normalized spacial score (nSPS) is 11.7. The van der Waals surface area contributed by atoms with Crippen molar-refractivity contribution in [2.24, 2.45) is 0 Å². The van der Waals surface area contributed by atoms with Gasteiger partial charge >= 0.3 is 0 Å². The minimum atomic E-state index is -0.294. The lowest BCUT2D eigenvalue weighted by molar-refractivity contribution is -0.120. The van der Waals surface area contributed by atoms with Gasteiger partial charge in [0.15, 0.2) is 0 Å². The Morgan fingerprint density at radius 2 is 1.67 bits per heavy atom. The fourth-order valence-corrected chi connectivity index (χ4v) is 2.62. The zero-order valence-electron chi connectivity index (χ0n) is 13.6. The van der Waals surface area contributed by atoms with Crippen LogP contribution in [0.4, 0.5) is 5.69 Å². The molecule has 0 saturated carbocycles. The van der Waals surface area contributed by atoms with Crippen LogP contribution in [-0.2, 0) is 4.79 Å². The van der Waals surface area contributed by atoms with Crippen molar-refractivity contribution in [1.29, 1.82) is 0 Å². The van der Waals surface area contributed by atoms with Crippen molar-refractivity contribution >= 4 is 11.6 Å². The van der Waals surface area contributed by atoms with Gasteiger partial charge in [0.05, 0.1) is 12.8 Å². The lowest BCUT2D eigenvalue weighted by Crippen LogP contribution is -2.37. The highest BCUT2D eigenvalue weighted by molar-refractivity contribution is 5.82. The van der Waals surface area contributed by atoms with Gasteiger partial charge in [-0.05, 0) is 29.8 Å². The smallest absolute Gasteiger partial charge is 0.240 e. The lowest BCUT2D eigenvalue weighted by Gasteiger charge is -2.22. The Kier molecular flexibility index (Phi) is 4.96. The van der Waals surface area contributed by atoms with Gasteiger partial charge in [0, 0.05) is 12.7 Å². The molecule has 0 radical (unpaired) electrons. The Hall–Kier alpha value is -3.01. The molecule has 0 aliphatic heterocycles. The third kappa shape index (κ3) is 3.84. The third-order valence-electron chi connectivity index (χ3n) is 3.84. The molecule has 1 aromatic heterocycles. The van der Waals surface area contributed by atoms with E-state index in [0.717, 1.165) is 17.0 Å². The zero-order chi connectivity index (χ0) is 16.8. The SMILES string of the molecule is CN(CC(=O)NC(c1ccccc1)c1ccco1)c1ccccc1. The molecule has 4 nitrogen and oxygen atoms in total. The molecule has 2 aromatic carbocycles. The number of amides is 1. The van der Waals surface area contributed by atoms with Crippen molar-refractivity contribution in [3.8, 4) is 0 Å². The van der Waals surface area contributed by atoms with Crippen LogP contribution in [0.3, 0.4) is 0 Å². The number of carbonyl (C=O) groups excluding carboxylic acids is 1. The largest absolute Gasteiger partial charge is 0.467 e. The number of hydrogen-bond donors (Lipinski definition) is 1. The van der Waals surface area contributed by atoms with Crippen LogP contribution in [0.5, 0.6) is 0 Å². The number of nitrogens with one attached hydrogen (secondary N) is 1. The van der Waals surface area contributed by atoms with Crippen LogP contribution >= 0.6 is 0 Å². The first kappa shape index (κ1) is 15.9. The van der Waals surface area contributed by atoms with Crippen LogP contribution in [0, 0.1) is 0 Å². The number of anilines is 1. The quantitative estimate of drug-likeness (QED) is 0.754. The minimum Gasteiger partial charge on any atom is -0.467 e. The molecule has 0 spiro atoms. The molecular formula is C20H20N2O2. The molecule has 1 unspecified atom stereocenters. The molecule has 0 bridgehead atoms. The summed E-state index contributed by atoms with van der Waals surface area (Å²) in [5.74, 6) is 0.656. The van der Waals surface area contributed by atoms with E-state index in [1.54, 1.807) is 6.26 Å². The second kappa shape index (κ2) is 7.51. The summed E-state index contributed by atoms with van der Waals surface area (Å²) >= 11 is 0. The van der Waals surface area contributed by atoms with Crippen LogP contribution < -0.4 is 10.2 Å². The molecule has 1 heterocycles. The number of para-hydroxylation sites is 1. The highest BCUT2D eigenvalue weighted by Gasteiger charge is 2.19. The van der Waals surface area contributed by atoms with E-state index in [0.29, 0.717) is 0 Å². The van der Waals surface area contributed by atoms with Gasteiger partial charge in [0.25, 0.3) is 0 Å². The predicted molar refractivity (Wildman–Crippen MR) is 94.8 cm³/mol. The van der Waals surface area contributed by atoms with Gasteiger partial charge in [-0.3, -0.25) is 4.79 Å². The molecular weight excluding hydrogens is 300 g/mol. The lowest BCUT2D eigenvalue weighted by atomic mass is 10.0. The van der Waals surface area contributed by atoms with Gasteiger partial charge in [0.2, 0.25) is 5.91 Å². The van der Waals surface area contributed by atoms with Crippen molar-refractivity contribution in [3.63, 3.8) is 0 Å². The monoisotopic (exact) mass is 320 g/mol. The molecule has 1 amide bonds. The number of benzene rings is 2. The number of rotatable bonds is 6. The van der Waals surface area contributed by atoms with Crippen molar-refractivity contribution in [2.75, 3.05) is 18.5 Å². The third-order valence-corrected chi connectivity index (χ3v) is 3.84. The number of furan rings is 1. The minimum absolute atomic E-state index is 0.0633. The van der Waals surface area contributed by atoms with Gasteiger partial charge in [-0.25, -0.2) is 0 Å². The van der Waals surface area contributed by atoms with Crippen LogP contribution in [0.25, 0.3) is 0 Å². The second-order valence-electron chi connectivity index (χ2n) is 5.62. The van der Waals surface area contributed by atoms with Gasteiger partial charge in [-0.2, -0.15) is 0 Å². The van der Waals surface area contributed by atoms with E-state index in [2.05, 4.69) is 5.32 Å². The molecule has 24 heavy (non-hydrogen) atoms. The fraction of sp³-hybridized carbons (Fsp3) is 0.150. The van der Waals surface area contributed by atoms with Crippen LogP contribution in [0.1, 0.15) is 17.4 Å². The highest BCUT2D eigenvalue weighted by atomic mass is 16.3. The Morgan fingerprint density at radius 1 is 1.00 bits per heavy atom. The number of likely N-dealkylation sites (N-methyl/N-ethyl adjacent to an activating group) is 1. The number of nitrogens with zero attached hydrogens (tertiary/aromatic N) is 1. The summed E-state index contributed by atoms with van der Waals surface area (Å²) in [7, 11) is 1.90. The summed E-state index contributed by atoms with van der Waals surface area (Å²) in [4.78, 5) is 14.4. The van der Waals surface area contributed by atoms with E-state index in [1.807, 2.05) is 84.7 Å². The number of carbonyl (C=O) groups is 1. The molecule has 0 aliphatic rings. The molecule has 122 valence electrons. The van der Waals surface area contributed by atoms with E-state index in [-0.39, 0.29) is 18.5 Å². The molecule has 3 rings (SSSR count).